The Labute approximate surface area is 190 Å². The van der Waals surface area contributed by atoms with Gasteiger partial charge in [-0.25, -0.2) is 4.79 Å². The van der Waals surface area contributed by atoms with Crippen LogP contribution in [0.5, 0.6) is 5.75 Å². The van der Waals surface area contributed by atoms with E-state index in [0.717, 1.165) is 5.56 Å². The number of nitrogens with zero attached hydrogens (tertiary/aromatic N) is 1. The molecule has 3 aromatic rings. The lowest BCUT2D eigenvalue weighted by atomic mass is 10.1. The zero-order chi connectivity index (χ0) is 22.9. The number of hydrogen-bond donors (Lipinski definition) is 1. The van der Waals surface area contributed by atoms with Crippen molar-refractivity contribution in [3.63, 3.8) is 0 Å². The lowest BCUT2D eigenvalue weighted by Crippen LogP contribution is -2.13. The number of anilines is 1. The van der Waals surface area contributed by atoms with Crippen LogP contribution in [0.15, 0.2) is 78.4 Å². The Morgan fingerprint density at radius 1 is 1.03 bits per heavy atom. The summed E-state index contributed by atoms with van der Waals surface area (Å²) in [7, 11) is 1.29. The molecule has 0 fully saturated rings. The molecule has 7 heteroatoms. The van der Waals surface area contributed by atoms with E-state index >= 15 is 0 Å². The molecule has 0 spiro atoms. The van der Waals surface area contributed by atoms with E-state index in [2.05, 4.69) is 10.1 Å². The zero-order valence-corrected chi connectivity index (χ0v) is 17.9. The first-order valence-corrected chi connectivity index (χ1v) is 9.95. The molecule has 0 atom stereocenters. The number of esters is 1. The van der Waals surface area contributed by atoms with Gasteiger partial charge in [-0.1, -0.05) is 41.9 Å². The van der Waals surface area contributed by atoms with Gasteiger partial charge in [-0.15, -0.1) is 0 Å². The number of nitriles is 1. The van der Waals surface area contributed by atoms with Gasteiger partial charge < -0.3 is 14.8 Å². The van der Waals surface area contributed by atoms with Crippen LogP contribution in [-0.4, -0.2) is 19.0 Å². The number of carbonyl (C=O) groups excluding carboxylic acids is 2. The van der Waals surface area contributed by atoms with Crippen molar-refractivity contribution in [3.05, 3.63) is 100 Å². The second-order valence-electron chi connectivity index (χ2n) is 6.64. The largest absolute Gasteiger partial charge is 0.489 e. The van der Waals surface area contributed by atoms with Gasteiger partial charge >= 0.3 is 5.97 Å². The molecule has 1 amide bonds. The van der Waals surface area contributed by atoms with E-state index in [0.29, 0.717) is 34.2 Å². The molecule has 3 rings (SSSR count). The number of amides is 1. The van der Waals surface area contributed by atoms with Gasteiger partial charge in [0.15, 0.2) is 0 Å². The average molecular weight is 447 g/mol. The monoisotopic (exact) mass is 446 g/mol. The molecule has 0 bridgehead atoms. The number of halogens is 1. The van der Waals surface area contributed by atoms with E-state index in [9.17, 15) is 14.9 Å². The molecule has 6 nitrogen and oxygen atoms in total. The van der Waals surface area contributed by atoms with E-state index in [1.165, 1.54) is 25.3 Å². The highest BCUT2D eigenvalue weighted by Gasteiger charge is 2.11. The van der Waals surface area contributed by atoms with E-state index in [1.54, 1.807) is 42.5 Å². The number of benzene rings is 3. The molecule has 160 valence electrons. The summed E-state index contributed by atoms with van der Waals surface area (Å²) in [5, 5.41) is 12.7. The summed E-state index contributed by atoms with van der Waals surface area (Å²) < 4.78 is 10.4. The van der Waals surface area contributed by atoms with Gasteiger partial charge in [-0.05, 0) is 54.1 Å². The normalized spacial score (nSPS) is 10.7. The summed E-state index contributed by atoms with van der Waals surface area (Å²) in [4.78, 5) is 23.9. The third kappa shape index (κ3) is 5.97. The molecule has 0 aliphatic rings. The summed E-state index contributed by atoms with van der Waals surface area (Å²) in [6.45, 7) is 0.329. The lowest BCUT2D eigenvalue weighted by Gasteiger charge is -2.08. The Hall–Kier alpha value is -4.08. The summed E-state index contributed by atoms with van der Waals surface area (Å²) in [5.74, 6) is -0.395. The first kappa shape index (κ1) is 22.6. The second-order valence-corrected chi connectivity index (χ2v) is 7.05. The van der Waals surface area contributed by atoms with Crippen LogP contribution in [-0.2, 0) is 16.1 Å². The first-order valence-electron chi connectivity index (χ1n) is 9.58. The van der Waals surface area contributed by atoms with Crippen molar-refractivity contribution in [3.8, 4) is 11.8 Å². The van der Waals surface area contributed by atoms with Crippen molar-refractivity contribution in [2.75, 3.05) is 12.4 Å². The maximum atomic E-state index is 12.5. The van der Waals surface area contributed by atoms with Crippen molar-refractivity contribution >= 4 is 35.2 Å². The van der Waals surface area contributed by atoms with E-state index in [4.69, 9.17) is 16.3 Å². The summed E-state index contributed by atoms with van der Waals surface area (Å²) in [6, 6.07) is 22.5. The molecule has 32 heavy (non-hydrogen) atoms. The van der Waals surface area contributed by atoms with Crippen LogP contribution in [0.25, 0.3) is 6.08 Å². The molecule has 3 aromatic carbocycles. The number of hydrogen-bond acceptors (Lipinski definition) is 5. The predicted molar refractivity (Wildman–Crippen MR) is 122 cm³/mol. The smallest absolute Gasteiger partial charge is 0.337 e. The fourth-order valence-corrected chi connectivity index (χ4v) is 2.95. The fourth-order valence-electron chi connectivity index (χ4n) is 2.76. The quantitative estimate of drug-likeness (QED) is 0.304. The van der Waals surface area contributed by atoms with Crippen molar-refractivity contribution in [2.24, 2.45) is 0 Å². The third-order valence-electron chi connectivity index (χ3n) is 4.47. The van der Waals surface area contributed by atoms with Crippen molar-refractivity contribution in [2.45, 2.75) is 6.61 Å². The highest BCUT2D eigenvalue weighted by molar-refractivity contribution is 6.31. The summed E-state index contributed by atoms with van der Waals surface area (Å²) in [5.41, 5.74) is 2.29. The van der Waals surface area contributed by atoms with E-state index < -0.39 is 11.9 Å². The molecule has 0 saturated heterocycles. The van der Waals surface area contributed by atoms with Crippen molar-refractivity contribution < 1.29 is 19.1 Å². The molecule has 0 aliphatic carbocycles. The molecule has 0 aromatic heterocycles. The van der Waals surface area contributed by atoms with E-state index in [-0.39, 0.29) is 5.57 Å². The average Bonchev–Trinajstić information content (AvgIpc) is 2.82. The molecule has 0 saturated carbocycles. The summed E-state index contributed by atoms with van der Waals surface area (Å²) in [6.07, 6.45) is 1.48. The Bertz CT molecular complexity index is 1180. The third-order valence-corrected chi connectivity index (χ3v) is 4.84. The van der Waals surface area contributed by atoms with Crippen LogP contribution >= 0.6 is 11.6 Å². The number of carbonyl (C=O) groups is 2. The Kier molecular flexibility index (Phi) is 7.63. The number of methoxy groups -OCH3 is 1. The number of ether oxygens (including phenoxy) is 2. The fraction of sp³-hybridized carbons (Fsp3) is 0.0800. The molecule has 0 heterocycles. The standard InChI is InChI=1S/C25H19ClN2O4/c1-31-25(30)18-8-10-21(11-9-18)28-24(29)20(15-27)14-17-6-12-22(13-7-17)32-16-19-4-2-3-5-23(19)26/h2-14H,16H2,1H3,(H,28,29)/b20-14+. The summed E-state index contributed by atoms with van der Waals surface area (Å²) >= 11 is 6.13. The maximum Gasteiger partial charge on any atom is 0.337 e. The van der Waals surface area contributed by atoms with Crippen LogP contribution in [0.2, 0.25) is 5.02 Å². The van der Waals surface area contributed by atoms with Crippen LogP contribution in [0, 0.1) is 11.3 Å². The zero-order valence-electron chi connectivity index (χ0n) is 17.2. The van der Waals surface area contributed by atoms with Gasteiger partial charge in [0, 0.05) is 16.3 Å². The van der Waals surface area contributed by atoms with Gasteiger partial charge in [-0.3, -0.25) is 4.79 Å². The number of rotatable bonds is 7. The Morgan fingerprint density at radius 2 is 1.72 bits per heavy atom. The van der Waals surface area contributed by atoms with Gasteiger partial charge in [0.25, 0.3) is 5.91 Å². The van der Waals surface area contributed by atoms with Crippen LogP contribution in [0.3, 0.4) is 0 Å². The van der Waals surface area contributed by atoms with Gasteiger partial charge in [0.1, 0.15) is 24.0 Å². The van der Waals surface area contributed by atoms with Gasteiger partial charge in [-0.2, -0.15) is 5.26 Å². The van der Waals surface area contributed by atoms with Gasteiger partial charge in [0.2, 0.25) is 0 Å². The molecular weight excluding hydrogens is 428 g/mol. The second kappa shape index (κ2) is 10.8. The minimum Gasteiger partial charge on any atom is -0.489 e. The Morgan fingerprint density at radius 3 is 2.34 bits per heavy atom. The number of nitrogens with one attached hydrogen (secondary N) is 1. The molecule has 0 aliphatic heterocycles. The first-order chi connectivity index (χ1) is 15.5. The molecular formula is C25H19ClN2O4. The van der Waals surface area contributed by atoms with Crippen LogP contribution in [0.1, 0.15) is 21.5 Å². The van der Waals surface area contributed by atoms with Crippen molar-refractivity contribution in [1.29, 1.82) is 5.26 Å². The molecule has 0 radical (unpaired) electrons. The lowest BCUT2D eigenvalue weighted by molar-refractivity contribution is -0.112. The minimum absolute atomic E-state index is 0.0632. The molecule has 0 unspecified atom stereocenters. The predicted octanol–water partition coefficient (Wildman–Crippen LogP) is 5.25. The van der Waals surface area contributed by atoms with Crippen molar-refractivity contribution in [1.82, 2.24) is 0 Å². The SMILES string of the molecule is COC(=O)c1ccc(NC(=O)/C(C#N)=C/c2ccc(OCc3ccccc3Cl)cc2)cc1. The van der Waals surface area contributed by atoms with Gasteiger partial charge in [0.05, 0.1) is 12.7 Å². The minimum atomic E-state index is -0.558. The Balaban J connectivity index is 1.63. The van der Waals surface area contributed by atoms with Crippen LogP contribution < -0.4 is 10.1 Å². The highest BCUT2D eigenvalue weighted by Crippen LogP contribution is 2.20. The maximum absolute atomic E-state index is 12.5. The highest BCUT2D eigenvalue weighted by atomic mass is 35.5. The van der Waals surface area contributed by atoms with Crippen LogP contribution in [0.4, 0.5) is 5.69 Å². The van der Waals surface area contributed by atoms with E-state index in [1.807, 2.05) is 24.3 Å². The topological polar surface area (TPSA) is 88.4 Å². The molecule has 1 N–H and O–H groups in total.